The summed E-state index contributed by atoms with van der Waals surface area (Å²) in [5.41, 5.74) is 1.76. The standard InChI is InChI=1S/C13H14N2O/c16-13-12(15-7-3-4-8-15)9-10-5-1-2-6-11(10)14-13/h1-2,5-6,9H,3-4,7-8H2,(H,14,16). The molecular formula is C13H14N2O. The third-order valence-electron chi connectivity index (χ3n) is 3.18. The van der Waals surface area contributed by atoms with Gasteiger partial charge in [0.15, 0.2) is 0 Å². The Labute approximate surface area is 93.7 Å². The van der Waals surface area contributed by atoms with E-state index in [1.165, 1.54) is 12.8 Å². The van der Waals surface area contributed by atoms with Gasteiger partial charge in [-0.05, 0) is 25.0 Å². The number of rotatable bonds is 1. The third kappa shape index (κ3) is 1.48. The van der Waals surface area contributed by atoms with E-state index in [2.05, 4.69) is 9.88 Å². The van der Waals surface area contributed by atoms with Crippen LogP contribution in [-0.2, 0) is 0 Å². The van der Waals surface area contributed by atoms with Gasteiger partial charge >= 0.3 is 0 Å². The third-order valence-corrected chi connectivity index (χ3v) is 3.18. The van der Waals surface area contributed by atoms with Gasteiger partial charge in [-0.2, -0.15) is 0 Å². The number of nitrogens with zero attached hydrogens (tertiary/aromatic N) is 1. The van der Waals surface area contributed by atoms with Crippen molar-refractivity contribution < 1.29 is 0 Å². The number of aromatic nitrogens is 1. The first-order valence-corrected chi connectivity index (χ1v) is 5.71. The molecule has 1 aromatic heterocycles. The molecule has 0 atom stereocenters. The van der Waals surface area contributed by atoms with E-state index in [1.807, 2.05) is 30.3 Å². The Bertz CT molecular complexity index is 567. The molecule has 16 heavy (non-hydrogen) atoms. The van der Waals surface area contributed by atoms with Gasteiger partial charge in [0.1, 0.15) is 5.69 Å². The second kappa shape index (κ2) is 3.67. The summed E-state index contributed by atoms with van der Waals surface area (Å²) in [5.74, 6) is 0. The average Bonchev–Trinajstić information content (AvgIpc) is 2.81. The number of para-hydroxylation sites is 1. The molecular weight excluding hydrogens is 200 g/mol. The summed E-state index contributed by atoms with van der Waals surface area (Å²) in [7, 11) is 0. The van der Waals surface area contributed by atoms with Crippen LogP contribution >= 0.6 is 0 Å². The Morgan fingerprint density at radius 3 is 2.69 bits per heavy atom. The second-order valence-corrected chi connectivity index (χ2v) is 4.27. The summed E-state index contributed by atoms with van der Waals surface area (Å²) >= 11 is 0. The van der Waals surface area contributed by atoms with Crippen LogP contribution in [0.4, 0.5) is 5.69 Å². The zero-order valence-corrected chi connectivity index (χ0v) is 9.07. The van der Waals surface area contributed by atoms with Crippen LogP contribution in [0.5, 0.6) is 0 Å². The van der Waals surface area contributed by atoms with Gasteiger partial charge in [-0.1, -0.05) is 18.2 Å². The molecule has 1 saturated heterocycles. The fraction of sp³-hybridized carbons (Fsp3) is 0.308. The highest BCUT2D eigenvalue weighted by molar-refractivity contribution is 5.81. The quantitative estimate of drug-likeness (QED) is 0.789. The number of aromatic amines is 1. The molecule has 0 radical (unpaired) electrons. The van der Waals surface area contributed by atoms with Crippen molar-refractivity contribution in [2.24, 2.45) is 0 Å². The fourth-order valence-corrected chi connectivity index (χ4v) is 2.33. The lowest BCUT2D eigenvalue weighted by Gasteiger charge is -2.16. The highest BCUT2D eigenvalue weighted by Crippen LogP contribution is 2.19. The van der Waals surface area contributed by atoms with Crippen LogP contribution < -0.4 is 10.5 Å². The van der Waals surface area contributed by atoms with Gasteiger partial charge in [-0.15, -0.1) is 0 Å². The topological polar surface area (TPSA) is 36.1 Å². The Morgan fingerprint density at radius 1 is 1.12 bits per heavy atom. The molecule has 82 valence electrons. The Morgan fingerprint density at radius 2 is 1.88 bits per heavy atom. The van der Waals surface area contributed by atoms with E-state index in [4.69, 9.17) is 0 Å². The second-order valence-electron chi connectivity index (χ2n) is 4.27. The minimum absolute atomic E-state index is 0.0283. The molecule has 0 spiro atoms. The number of H-pyrrole nitrogens is 1. The molecule has 2 aromatic rings. The predicted molar refractivity (Wildman–Crippen MR) is 66.0 cm³/mol. The molecule has 1 fully saturated rings. The molecule has 0 saturated carbocycles. The highest BCUT2D eigenvalue weighted by atomic mass is 16.1. The highest BCUT2D eigenvalue weighted by Gasteiger charge is 2.15. The van der Waals surface area contributed by atoms with Crippen LogP contribution in [0.3, 0.4) is 0 Å². The number of hydrogen-bond acceptors (Lipinski definition) is 2. The summed E-state index contributed by atoms with van der Waals surface area (Å²) in [6.45, 7) is 2.00. The van der Waals surface area contributed by atoms with Crippen LogP contribution in [0.2, 0.25) is 0 Å². The van der Waals surface area contributed by atoms with Crippen molar-refractivity contribution in [3.05, 3.63) is 40.7 Å². The van der Waals surface area contributed by atoms with Gasteiger partial charge in [0.25, 0.3) is 5.56 Å². The maximum atomic E-state index is 11.9. The van der Waals surface area contributed by atoms with Crippen molar-refractivity contribution >= 4 is 16.6 Å². The molecule has 1 aliphatic heterocycles. The summed E-state index contributed by atoms with van der Waals surface area (Å²) in [5, 5.41) is 1.10. The lowest BCUT2D eigenvalue weighted by atomic mass is 10.2. The van der Waals surface area contributed by atoms with Gasteiger partial charge in [-0.3, -0.25) is 4.79 Å². The van der Waals surface area contributed by atoms with Crippen LogP contribution in [0, 0.1) is 0 Å². The summed E-state index contributed by atoms with van der Waals surface area (Å²) in [4.78, 5) is 17.0. The number of pyridine rings is 1. The molecule has 0 amide bonds. The van der Waals surface area contributed by atoms with Crippen molar-refractivity contribution in [1.82, 2.24) is 4.98 Å². The van der Waals surface area contributed by atoms with E-state index in [0.29, 0.717) is 0 Å². The molecule has 0 bridgehead atoms. The Balaban J connectivity index is 2.17. The largest absolute Gasteiger partial charge is 0.367 e. The predicted octanol–water partition coefficient (Wildman–Crippen LogP) is 2.13. The Hall–Kier alpha value is -1.77. The van der Waals surface area contributed by atoms with Crippen LogP contribution in [0.25, 0.3) is 10.9 Å². The van der Waals surface area contributed by atoms with Gasteiger partial charge in [-0.25, -0.2) is 0 Å². The lowest BCUT2D eigenvalue weighted by Crippen LogP contribution is -2.25. The zero-order chi connectivity index (χ0) is 11.0. The number of hydrogen-bond donors (Lipinski definition) is 1. The molecule has 1 aliphatic rings. The monoisotopic (exact) mass is 214 g/mol. The van der Waals surface area contributed by atoms with Crippen molar-refractivity contribution in [3.63, 3.8) is 0 Å². The first-order valence-electron chi connectivity index (χ1n) is 5.71. The van der Waals surface area contributed by atoms with Crippen molar-refractivity contribution in [3.8, 4) is 0 Å². The van der Waals surface area contributed by atoms with E-state index < -0.39 is 0 Å². The summed E-state index contributed by atoms with van der Waals surface area (Å²) in [6.07, 6.45) is 2.37. The first kappa shape index (κ1) is 9.46. The SMILES string of the molecule is O=c1[nH]c2ccccc2cc1N1CCCC1. The van der Waals surface area contributed by atoms with E-state index in [1.54, 1.807) is 0 Å². The van der Waals surface area contributed by atoms with Crippen molar-refractivity contribution in [2.75, 3.05) is 18.0 Å². The van der Waals surface area contributed by atoms with E-state index >= 15 is 0 Å². The Kier molecular flexibility index (Phi) is 2.17. The normalized spacial score (nSPS) is 15.9. The minimum atomic E-state index is 0.0283. The zero-order valence-electron chi connectivity index (χ0n) is 9.07. The van der Waals surface area contributed by atoms with E-state index in [0.717, 1.165) is 29.7 Å². The van der Waals surface area contributed by atoms with E-state index in [-0.39, 0.29) is 5.56 Å². The maximum Gasteiger partial charge on any atom is 0.271 e. The lowest BCUT2D eigenvalue weighted by molar-refractivity contribution is 0.949. The average molecular weight is 214 g/mol. The molecule has 0 aliphatic carbocycles. The van der Waals surface area contributed by atoms with Gasteiger partial charge in [0.05, 0.1) is 0 Å². The van der Waals surface area contributed by atoms with Gasteiger partial charge < -0.3 is 9.88 Å². The number of benzene rings is 1. The molecule has 3 rings (SSSR count). The van der Waals surface area contributed by atoms with Crippen LogP contribution in [0.1, 0.15) is 12.8 Å². The van der Waals surface area contributed by atoms with Crippen LogP contribution in [-0.4, -0.2) is 18.1 Å². The summed E-state index contributed by atoms with van der Waals surface area (Å²) in [6, 6.07) is 9.90. The van der Waals surface area contributed by atoms with Gasteiger partial charge in [0, 0.05) is 24.0 Å². The van der Waals surface area contributed by atoms with Gasteiger partial charge in [0.2, 0.25) is 0 Å². The van der Waals surface area contributed by atoms with Crippen molar-refractivity contribution in [1.29, 1.82) is 0 Å². The fourth-order valence-electron chi connectivity index (χ4n) is 2.33. The maximum absolute atomic E-state index is 11.9. The number of nitrogens with one attached hydrogen (secondary N) is 1. The molecule has 0 unspecified atom stereocenters. The van der Waals surface area contributed by atoms with Crippen LogP contribution in [0.15, 0.2) is 35.1 Å². The molecule has 2 heterocycles. The minimum Gasteiger partial charge on any atom is -0.367 e. The molecule has 3 heteroatoms. The van der Waals surface area contributed by atoms with E-state index in [9.17, 15) is 4.79 Å². The van der Waals surface area contributed by atoms with Crippen molar-refractivity contribution in [2.45, 2.75) is 12.8 Å². The number of fused-ring (bicyclic) bond motifs is 1. The molecule has 1 N–H and O–H groups in total. The molecule has 1 aromatic carbocycles. The smallest absolute Gasteiger partial charge is 0.271 e. The number of anilines is 1. The molecule has 3 nitrogen and oxygen atoms in total. The first-order chi connectivity index (χ1) is 7.84. The summed E-state index contributed by atoms with van der Waals surface area (Å²) < 4.78 is 0.